The van der Waals surface area contributed by atoms with Crippen molar-refractivity contribution < 1.29 is 4.79 Å². The molecule has 0 aromatic heterocycles. The molecule has 0 radical (unpaired) electrons. The Morgan fingerprint density at radius 3 is 2.47 bits per heavy atom. The fraction of sp³-hybridized carbons (Fsp3) is 0.429. The van der Waals surface area contributed by atoms with E-state index in [1.165, 1.54) is 5.56 Å². The number of carbonyl (C=O) groups is 1. The average Bonchev–Trinajstić information content (AvgIpc) is 2.31. The topological polar surface area (TPSA) is 52.9 Å². The van der Waals surface area contributed by atoms with Gasteiger partial charge in [-0.1, -0.05) is 36.8 Å². The molecule has 0 bridgehead atoms. The lowest BCUT2D eigenvalue weighted by Gasteiger charge is -2.16. The van der Waals surface area contributed by atoms with Gasteiger partial charge in [0, 0.05) is 0 Å². The standard InChI is InChI=1S/C14H18N2O/c1-4-12(9-15)14(17)16-11(3)13-7-5-10(2)6-8-13/h5-8,11-12H,4H2,1-3H3,(H,16,17). The fourth-order valence-electron chi connectivity index (χ4n) is 1.59. The number of nitriles is 1. The molecule has 0 fully saturated rings. The Labute approximate surface area is 102 Å². The zero-order chi connectivity index (χ0) is 12.8. The minimum Gasteiger partial charge on any atom is -0.348 e. The molecule has 0 aliphatic rings. The zero-order valence-electron chi connectivity index (χ0n) is 10.5. The molecule has 3 nitrogen and oxygen atoms in total. The zero-order valence-corrected chi connectivity index (χ0v) is 10.5. The first-order chi connectivity index (χ1) is 8.08. The van der Waals surface area contributed by atoms with Crippen molar-refractivity contribution in [1.82, 2.24) is 5.32 Å². The van der Waals surface area contributed by atoms with Gasteiger partial charge in [0.2, 0.25) is 5.91 Å². The van der Waals surface area contributed by atoms with Crippen LogP contribution in [0.5, 0.6) is 0 Å². The highest BCUT2D eigenvalue weighted by atomic mass is 16.1. The Morgan fingerprint density at radius 2 is 2.00 bits per heavy atom. The number of carbonyl (C=O) groups excluding carboxylic acids is 1. The Morgan fingerprint density at radius 1 is 1.41 bits per heavy atom. The summed E-state index contributed by atoms with van der Waals surface area (Å²) in [6, 6.07) is 9.96. The van der Waals surface area contributed by atoms with Crippen LogP contribution in [0, 0.1) is 24.2 Å². The van der Waals surface area contributed by atoms with Crippen molar-refractivity contribution in [2.24, 2.45) is 5.92 Å². The third-order valence-corrected chi connectivity index (χ3v) is 2.82. The van der Waals surface area contributed by atoms with Crippen molar-refractivity contribution in [1.29, 1.82) is 5.26 Å². The molecule has 17 heavy (non-hydrogen) atoms. The number of amides is 1. The highest BCUT2D eigenvalue weighted by Crippen LogP contribution is 2.14. The quantitative estimate of drug-likeness (QED) is 0.864. The third-order valence-electron chi connectivity index (χ3n) is 2.82. The second-order valence-corrected chi connectivity index (χ2v) is 4.23. The van der Waals surface area contributed by atoms with E-state index in [4.69, 9.17) is 5.26 Å². The molecule has 1 N–H and O–H groups in total. The number of nitrogens with zero attached hydrogens (tertiary/aromatic N) is 1. The van der Waals surface area contributed by atoms with Crippen LogP contribution in [0.1, 0.15) is 37.4 Å². The summed E-state index contributed by atoms with van der Waals surface area (Å²) in [5.41, 5.74) is 2.24. The lowest BCUT2D eigenvalue weighted by atomic mass is 10.0. The summed E-state index contributed by atoms with van der Waals surface area (Å²) in [4.78, 5) is 11.7. The maximum Gasteiger partial charge on any atom is 0.237 e. The number of aryl methyl sites for hydroxylation is 1. The fourth-order valence-corrected chi connectivity index (χ4v) is 1.59. The van der Waals surface area contributed by atoms with Gasteiger partial charge in [-0.2, -0.15) is 5.26 Å². The van der Waals surface area contributed by atoms with E-state index < -0.39 is 5.92 Å². The van der Waals surface area contributed by atoms with E-state index >= 15 is 0 Å². The summed E-state index contributed by atoms with van der Waals surface area (Å²) in [6.45, 7) is 5.78. The number of benzene rings is 1. The molecule has 3 heteroatoms. The maximum absolute atomic E-state index is 11.7. The summed E-state index contributed by atoms with van der Waals surface area (Å²) < 4.78 is 0. The van der Waals surface area contributed by atoms with Gasteiger partial charge in [-0.15, -0.1) is 0 Å². The second-order valence-electron chi connectivity index (χ2n) is 4.23. The van der Waals surface area contributed by atoms with Gasteiger partial charge < -0.3 is 5.32 Å². The van der Waals surface area contributed by atoms with E-state index in [0.29, 0.717) is 6.42 Å². The SMILES string of the molecule is CCC(C#N)C(=O)NC(C)c1ccc(C)cc1. The van der Waals surface area contributed by atoms with Crippen LogP contribution in [0.2, 0.25) is 0 Å². The van der Waals surface area contributed by atoms with Crippen LogP contribution in [0.25, 0.3) is 0 Å². The number of hydrogen-bond donors (Lipinski definition) is 1. The Kier molecular flexibility index (Phi) is 4.71. The normalized spacial score (nSPS) is 13.5. The molecule has 1 rings (SSSR count). The molecule has 0 aliphatic carbocycles. The van der Waals surface area contributed by atoms with Gasteiger partial charge in [0.15, 0.2) is 0 Å². The predicted octanol–water partition coefficient (Wildman–Crippen LogP) is 2.72. The molecule has 0 heterocycles. The van der Waals surface area contributed by atoms with Gasteiger partial charge in [0.05, 0.1) is 12.1 Å². The maximum atomic E-state index is 11.7. The van der Waals surface area contributed by atoms with Gasteiger partial charge in [0.1, 0.15) is 5.92 Å². The number of rotatable bonds is 4. The molecule has 90 valence electrons. The van der Waals surface area contributed by atoms with E-state index in [1.54, 1.807) is 0 Å². The monoisotopic (exact) mass is 230 g/mol. The molecule has 0 spiro atoms. The van der Waals surface area contributed by atoms with E-state index in [0.717, 1.165) is 5.56 Å². The predicted molar refractivity (Wildman–Crippen MR) is 67.1 cm³/mol. The molecule has 2 atom stereocenters. The van der Waals surface area contributed by atoms with Crippen LogP contribution in [-0.4, -0.2) is 5.91 Å². The molecule has 0 saturated heterocycles. The van der Waals surface area contributed by atoms with Crippen molar-refractivity contribution in [2.45, 2.75) is 33.2 Å². The van der Waals surface area contributed by atoms with Crippen molar-refractivity contribution in [3.63, 3.8) is 0 Å². The van der Waals surface area contributed by atoms with Crippen LogP contribution in [-0.2, 0) is 4.79 Å². The van der Waals surface area contributed by atoms with Crippen molar-refractivity contribution in [3.05, 3.63) is 35.4 Å². The van der Waals surface area contributed by atoms with Crippen molar-refractivity contribution in [3.8, 4) is 6.07 Å². The molecule has 1 aromatic carbocycles. The van der Waals surface area contributed by atoms with E-state index in [-0.39, 0.29) is 11.9 Å². The number of hydrogen-bond acceptors (Lipinski definition) is 2. The second kappa shape index (κ2) is 6.05. The van der Waals surface area contributed by atoms with E-state index in [9.17, 15) is 4.79 Å². The first kappa shape index (κ1) is 13.2. The van der Waals surface area contributed by atoms with Gasteiger partial charge >= 0.3 is 0 Å². The molecule has 0 aliphatic heterocycles. The minimum absolute atomic E-state index is 0.0644. The summed E-state index contributed by atoms with van der Waals surface area (Å²) >= 11 is 0. The average molecular weight is 230 g/mol. The van der Waals surface area contributed by atoms with Gasteiger partial charge in [0.25, 0.3) is 0 Å². The first-order valence-electron chi connectivity index (χ1n) is 5.85. The Bertz CT molecular complexity index is 417. The van der Waals surface area contributed by atoms with Crippen LogP contribution in [0.3, 0.4) is 0 Å². The molecular formula is C14H18N2O. The highest BCUT2D eigenvalue weighted by molar-refractivity contribution is 5.81. The smallest absolute Gasteiger partial charge is 0.237 e. The van der Waals surface area contributed by atoms with Gasteiger partial charge in [-0.3, -0.25) is 4.79 Å². The number of nitrogens with one attached hydrogen (secondary N) is 1. The summed E-state index contributed by atoms with van der Waals surface area (Å²) in [6.07, 6.45) is 0.545. The summed E-state index contributed by atoms with van der Waals surface area (Å²) in [7, 11) is 0. The molecule has 1 aromatic rings. The molecular weight excluding hydrogens is 212 g/mol. The van der Waals surface area contributed by atoms with Crippen LogP contribution in [0.4, 0.5) is 0 Å². The van der Waals surface area contributed by atoms with Crippen LogP contribution < -0.4 is 5.32 Å². The lowest BCUT2D eigenvalue weighted by Crippen LogP contribution is -2.31. The molecule has 2 unspecified atom stereocenters. The van der Waals surface area contributed by atoms with Gasteiger partial charge in [-0.05, 0) is 25.8 Å². The van der Waals surface area contributed by atoms with Crippen molar-refractivity contribution >= 4 is 5.91 Å². The lowest BCUT2D eigenvalue weighted by molar-refractivity contribution is -0.124. The first-order valence-corrected chi connectivity index (χ1v) is 5.85. The molecule has 0 saturated carbocycles. The highest BCUT2D eigenvalue weighted by Gasteiger charge is 2.17. The van der Waals surface area contributed by atoms with Crippen LogP contribution in [0.15, 0.2) is 24.3 Å². The van der Waals surface area contributed by atoms with E-state index in [1.807, 2.05) is 51.1 Å². The Balaban J connectivity index is 2.66. The molecule has 1 amide bonds. The third kappa shape index (κ3) is 3.60. The largest absolute Gasteiger partial charge is 0.348 e. The van der Waals surface area contributed by atoms with E-state index in [2.05, 4.69) is 5.32 Å². The Hall–Kier alpha value is -1.82. The summed E-state index contributed by atoms with van der Waals surface area (Å²) in [5.74, 6) is -0.744. The van der Waals surface area contributed by atoms with Gasteiger partial charge in [-0.25, -0.2) is 0 Å². The van der Waals surface area contributed by atoms with Crippen LogP contribution >= 0.6 is 0 Å². The summed E-state index contributed by atoms with van der Waals surface area (Å²) in [5, 5.41) is 11.7. The minimum atomic E-state index is -0.553. The van der Waals surface area contributed by atoms with Crippen molar-refractivity contribution in [2.75, 3.05) is 0 Å².